The molecule has 2 aromatic carbocycles. The Morgan fingerprint density at radius 1 is 1.26 bits per heavy atom. The number of benzene rings is 2. The van der Waals surface area contributed by atoms with Crippen LogP contribution in [0.2, 0.25) is 5.02 Å². The molecule has 9 nitrogen and oxygen atoms in total. The van der Waals surface area contributed by atoms with Gasteiger partial charge in [0.1, 0.15) is 12.2 Å². The Morgan fingerprint density at radius 3 is 2.70 bits per heavy atom. The zero-order chi connectivity index (χ0) is 19.6. The average Bonchev–Trinajstić information content (AvgIpc) is 3.07. The predicted octanol–water partition coefficient (Wildman–Crippen LogP) is 3.16. The van der Waals surface area contributed by atoms with Crippen molar-refractivity contribution >= 4 is 28.9 Å². The second-order valence-corrected chi connectivity index (χ2v) is 6.24. The van der Waals surface area contributed by atoms with Gasteiger partial charge in [0.05, 0.1) is 9.95 Å². The highest BCUT2D eigenvalue weighted by Gasteiger charge is 2.20. The van der Waals surface area contributed by atoms with Gasteiger partial charge in [-0.1, -0.05) is 29.8 Å². The van der Waals surface area contributed by atoms with Gasteiger partial charge < -0.3 is 5.32 Å². The fourth-order valence-electron chi connectivity index (χ4n) is 2.48. The second kappa shape index (κ2) is 7.50. The molecule has 0 spiro atoms. The largest absolute Gasteiger partial charge is 0.318 e. The molecule has 0 saturated heterocycles. The summed E-state index contributed by atoms with van der Waals surface area (Å²) in [5.41, 5.74) is 2.04. The molecule has 0 aliphatic carbocycles. The number of nitrogens with one attached hydrogen (secondary N) is 1. The number of nitro benzene ring substituents is 1. The monoisotopic (exact) mass is 386 g/mol. The van der Waals surface area contributed by atoms with Gasteiger partial charge in [0.2, 0.25) is 11.7 Å². The van der Waals surface area contributed by atoms with Crippen LogP contribution in [0.1, 0.15) is 11.1 Å². The SMILES string of the molecule is Cc1ccc([N+](=O)[O-])c(NC(=O)Cn2nnc(-c3ccccc3Cl)n2)c1C. The lowest BCUT2D eigenvalue weighted by molar-refractivity contribution is -0.384. The van der Waals surface area contributed by atoms with E-state index < -0.39 is 10.8 Å². The van der Waals surface area contributed by atoms with Gasteiger partial charge in [-0.05, 0) is 42.3 Å². The van der Waals surface area contributed by atoms with E-state index in [-0.39, 0.29) is 23.7 Å². The summed E-state index contributed by atoms with van der Waals surface area (Å²) in [6.45, 7) is 3.27. The molecule has 138 valence electrons. The minimum Gasteiger partial charge on any atom is -0.318 e. The number of carbonyl (C=O) groups is 1. The van der Waals surface area contributed by atoms with Crippen molar-refractivity contribution in [3.63, 3.8) is 0 Å². The number of tetrazole rings is 1. The first-order valence-corrected chi connectivity index (χ1v) is 8.31. The summed E-state index contributed by atoms with van der Waals surface area (Å²) in [6.07, 6.45) is 0. The van der Waals surface area contributed by atoms with Gasteiger partial charge in [0.15, 0.2) is 0 Å². The number of halogens is 1. The van der Waals surface area contributed by atoms with Crippen molar-refractivity contribution in [1.82, 2.24) is 20.2 Å². The van der Waals surface area contributed by atoms with Gasteiger partial charge in [0.25, 0.3) is 5.69 Å². The van der Waals surface area contributed by atoms with Gasteiger partial charge >= 0.3 is 0 Å². The molecule has 0 unspecified atom stereocenters. The number of carbonyl (C=O) groups excluding carboxylic acids is 1. The van der Waals surface area contributed by atoms with E-state index in [2.05, 4.69) is 20.7 Å². The molecule has 10 heteroatoms. The van der Waals surface area contributed by atoms with Crippen LogP contribution >= 0.6 is 11.6 Å². The average molecular weight is 387 g/mol. The minimum atomic E-state index is -0.536. The van der Waals surface area contributed by atoms with E-state index in [1.54, 1.807) is 37.3 Å². The number of hydrogen-bond acceptors (Lipinski definition) is 6. The maximum absolute atomic E-state index is 12.3. The molecule has 1 N–H and O–H groups in total. The molecule has 0 radical (unpaired) electrons. The van der Waals surface area contributed by atoms with Crippen LogP contribution in [0.5, 0.6) is 0 Å². The molecule has 0 aliphatic rings. The topological polar surface area (TPSA) is 116 Å². The van der Waals surface area contributed by atoms with Gasteiger partial charge in [-0.15, -0.1) is 10.2 Å². The van der Waals surface area contributed by atoms with Gasteiger partial charge in [-0.3, -0.25) is 14.9 Å². The lowest BCUT2D eigenvalue weighted by atomic mass is 10.1. The highest BCUT2D eigenvalue weighted by Crippen LogP contribution is 2.30. The van der Waals surface area contributed by atoms with E-state index in [1.807, 2.05) is 6.92 Å². The van der Waals surface area contributed by atoms with Crippen molar-refractivity contribution in [2.45, 2.75) is 20.4 Å². The van der Waals surface area contributed by atoms with Crippen LogP contribution in [0.15, 0.2) is 36.4 Å². The maximum Gasteiger partial charge on any atom is 0.293 e. The maximum atomic E-state index is 12.3. The number of aryl methyl sites for hydroxylation is 1. The van der Waals surface area contributed by atoms with E-state index in [9.17, 15) is 14.9 Å². The molecular formula is C17H15ClN6O3. The Balaban J connectivity index is 1.79. The first-order valence-electron chi connectivity index (χ1n) is 7.94. The molecule has 3 aromatic rings. The third kappa shape index (κ3) is 3.93. The van der Waals surface area contributed by atoms with Crippen molar-refractivity contribution in [1.29, 1.82) is 0 Å². The van der Waals surface area contributed by atoms with Crippen LogP contribution in [0.3, 0.4) is 0 Å². The molecular weight excluding hydrogens is 372 g/mol. The number of nitro groups is 1. The van der Waals surface area contributed by atoms with Crippen molar-refractivity contribution in [2.24, 2.45) is 0 Å². The summed E-state index contributed by atoms with van der Waals surface area (Å²) in [5, 5.41) is 26.1. The quantitative estimate of drug-likeness (QED) is 0.531. The fraction of sp³-hybridized carbons (Fsp3) is 0.176. The molecule has 1 aromatic heterocycles. The molecule has 1 amide bonds. The van der Waals surface area contributed by atoms with Gasteiger partial charge in [0, 0.05) is 11.6 Å². The summed E-state index contributed by atoms with van der Waals surface area (Å²) in [7, 11) is 0. The Labute approximate surface area is 159 Å². The first kappa shape index (κ1) is 18.5. The van der Waals surface area contributed by atoms with Crippen molar-refractivity contribution in [3.8, 4) is 11.4 Å². The standard InChI is InChI=1S/C17H15ClN6O3/c1-10-7-8-14(24(26)27)16(11(10)2)19-15(25)9-23-21-17(20-22-23)12-5-3-4-6-13(12)18/h3-8H,9H2,1-2H3,(H,19,25). The normalized spacial score (nSPS) is 10.6. The van der Waals surface area contributed by atoms with E-state index >= 15 is 0 Å². The zero-order valence-electron chi connectivity index (χ0n) is 14.5. The van der Waals surface area contributed by atoms with Crippen LogP contribution in [0.4, 0.5) is 11.4 Å². The highest BCUT2D eigenvalue weighted by molar-refractivity contribution is 6.33. The van der Waals surface area contributed by atoms with Crippen molar-refractivity contribution in [3.05, 3.63) is 62.7 Å². The molecule has 0 bridgehead atoms. The Bertz CT molecular complexity index is 1030. The van der Waals surface area contributed by atoms with E-state index in [1.165, 1.54) is 6.07 Å². The number of hydrogen-bond donors (Lipinski definition) is 1. The Hall–Kier alpha value is -3.33. The predicted molar refractivity (Wildman–Crippen MR) is 99.5 cm³/mol. The summed E-state index contributed by atoms with van der Waals surface area (Å²) in [4.78, 5) is 24.1. The first-order chi connectivity index (χ1) is 12.9. The number of amides is 1. The molecule has 1 heterocycles. The number of nitrogens with zero attached hydrogens (tertiary/aromatic N) is 5. The Kier molecular flexibility index (Phi) is 5.13. The summed E-state index contributed by atoms with van der Waals surface area (Å²) in [6, 6.07) is 10.0. The highest BCUT2D eigenvalue weighted by atomic mass is 35.5. The minimum absolute atomic E-state index is 0.163. The van der Waals surface area contributed by atoms with Gasteiger partial charge in [-0.25, -0.2) is 0 Å². The zero-order valence-corrected chi connectivity index (χ0v) is 15.3. The lowest BCUT2D eigenvalue weighted by Crippen LogP contribution is -2.21. The summed E-state index contributed by atoms with van der Waals surface area (Å²) < 4.78 is 0. The van der Waals surface area contributed by atoms with E-state index in [0.29, 0.717) is 16.1 Å². The Morgan fingerprint density at radius 2 is 2.00 bits per heavy atom. The lowest BCUT2D eigenvalue weighted by Gasteiger charge is -2.10. The smallest absolute Gasteiger partial charge is 0.293 e. The van der Waals surface area contributed by atoms with E-state index in [4.69, 9.17) is 11.6 Å². The van der Waals surface area contributed by atoms with Crippen LogP contribution < -0.4 is 5.32 Å². The number of rotatable bonds is 5. The number of aromatic nitrogens is 4. The molecule has 27 heavy (non-hydrogen) atoms. The third-order valence-corrected chi connectivity index (χ3v) is 4.36. The number of anilines is 1. The van der Waals surface area contributed by atoms with Crippen LogP contribution in [-0.2, 0) is 11.3 Å². The fourth-order valence-corrected chi connectivity index (χ4v) is 2.70. The van der Waals surface area contributed by atoms with Gasteiger partial charge in [-0.2, -0.15) is 4.80 Å². The molecule has 0 atom stereocenters. The van der Waals surface area contributed by atoms with Crippen molar-refractivity contribution in [2.75, 3.05) is 5.32 Å². The van der Waals surface area contributed by atoms with Crippen LogP contribution in [0.25, 0.3) is 11.4 Å². The van der Waals surface area contributed by atoms with Crippen LogP contribution in [0, 0.1) is 24.0 Å². The van der Waals surface area contributed by atoms with Crippen LogP contribution in [-0.4, -0.2) is 31.0 Å². The second-order valence-electron chi connectivity index (χ2n) is 5.83. The third-order valence-electron chi connectivity index (χ3n) is 4.03. The molecule has 0 aliphatic heterocycles. The molecule has 0 fully saturated rings. The van der Waals surface area contributed by atoms with E-state index in [0.717, 1.165) is 10.4 Å². The van der Waals surface area contributed by atoms with Crippen molar-refractivity contribution < 1.29 is 9.72 Å². The summed E-state index contributed by atoms with van der Waals surface area (Å²) in [5.74, 6) is -0.221. The molecule has 3 rings (SSSR count). The summed E-state index contributed by atoms with van der Waals surface area (Å²) >= 11 is 6.10. The molecule has 0 saturated carbocycles.